The van der Waals surface area contributed by atoms with Crippen molar-refractivity contribution in [1.82, 2.24) is 14.8 Å². The molecule has 0 aromatic carbocycles. The van der Waals surface area contributed by atoms with Gasteiger partial charge in [0.25, 0.3) is 5.91 Å². The van der Waals surface area contributed by atoms with Gasteiger partial charge in [0.15, 0.2) is 0 Å². The Morgan fingerprint density at radius 3 is 2.54 bits per heavy atom. The van der Waals surface area contributed by atoms with E-state index in [0.29, 0.717) is 11.5 Å². The SMILES string of the molecule is O=C(c1ccnc(NC2CCCN(C(=O)C3CC3)C2)c1)N1CCCCC1. The van der Waals surface area contributed by atoms with E-state index < -0.39 is 0 Å². The highest BCUT2D eigenvalue weighted by molar-refractivity contribution is 5.94. The minimum absolute atomic E-state index is 0.101. The van der Waals surface area contributed by atoms with E-state index in [1.807, 2.05) is 15.9 Å². The first-order valence-electron chi connectivity index (χ1n) is 10.0. The summed E-state index contributed by atoms with van der Waals surface area (Å²) >= 11 is 0. The molecule has 0 radical (unpaired) electrons. The highest BCUT2D eigenvalue weighted by Gasteiger charge is 2.35. The number of pyridine rings is 1. The molecule has 1 N–H and O–H groups in total. The van der Waals surface area contributed by atoms with E-state index in [4.69, 9.17) is 0 Å². The molecule has 6 nitrogen and oxygen atoms in total. The van der Waals surface area contributed by atoms with Crippen molar-refractivity contribution in [3.05, 3.63) is 23.9 Å². The number of nitrogens with one attached hydrogen (secondary N) is 1. The predicted molar refractivity (Wildman–Crippen MR) is 99.9 cm³/mol. The first kappa shape index (κ1) is 17.3. The maximum absolute atomic E-state index is 12.7. The van der Waals surface area contributed by atoms with Crippen molar-refractivity contribution < 1.29 is 9.59 Å². The van der Waals surface area contributed by atoms with Crippen LogP contribution in [0.3, 0.4) is 0 Å². The number of hydrogen-bond acceptors (Lipinski definition) is 4. The second-order valence-corrected chi connectivity index (χ2v) is 7.82. The number of carbonyl (C=O) groups excluding carboxylic acids is 2. The molecule has 3 heterocycles. The Bertz CT molecular complexity index is 668. The average molecular weight is 356 g/mol. The summed E-state index contributed by atoms with van der Waals surface area (Å²) in [5.41, 5.74) is 0.700. The maximum Gasteiger partial charge on any atom is 0.254 e. The molecular formula is C20H28N4O2. The van der Waals surface area contributed by atoms with Crippen LogP contribution in [0.25, 0.3) is 0 Å². The van der Waals surface area contributed by atoms with E-state index in [-0.39, 0.29) is 17.9 Å². The molecule has 1 saturated carbocycles. The average Bonchev–Trinajstić information content (AvgIpc) is 3.53. The minimum atomic E-state index is 0.101. The highest BCUT2D eigenvalue weighted by Crippen LogP contribution is 2.32. The monoisotopic (exact) mass is 356 g/mol. The number of nitrogens with zero attached hydrogens (tertiary/aromatic N) is 3. The first-order valence-corrected chi connectivity index (χ1v) is 10.0. The van der Waals surface area contributed by atoms with Gasteiger partial charge in [0.1, 0.15) is 5.82 Å². The molecule has 1 aromatic heterocycles. The third-order valence-corrected chi connectivity index (χ3v) is 5.66. The molecular weight excluding hydrogens is 328 g/mol. The summed E-state index contributed by atoms with van der Waals surface area (Å²) in [7, 11) is 0. The molecule has 2 aliphatic heterocycles. The number of piperidine rings is 2. The summed E-state index contributed by atoms with van der Waals surface area (Å²) in [5.74, 6) is 1.43. The summed E-state index contributed by atoms with van der Waals surface area (Å²) < 4.78 is 0. The largest absolute Gasteiger partial charge is 0.366 e. The number of hydrogen-bond donors (Lipinski definition) is 1. The van der Waals surface area contributed by atoms with Crippen LogP contribution in [-0.4, -0.2) is 58.8 Å². The van der Waals surface area contributed by atoms with Gasteiger partial charge in [-0.05, 0) is 57.1 Å². The smallest absolute Gasteiger partial charge is 0.254 e. The van der Waals surface area contributed by atoms with E-state index >= 15 is 0 Å². The van der Waals surface area contributed by atoms with Crippen LogP contribution < -0.4 is 5.32 Å². The van der Waals surface area contributed by atoms with Crippen LogP contribution in [0.4, 0.5) is 5.82 Å². The highest BCUT2D eigenvalue weighted by atomic mass is 16.2. The second-order valence-electron chi connectivity index (χ2n) is 7.82. The summed E-state index contributed by atoms with van der Waals surface area (Å²) in [6, 6.07) is 3.86. The zero-order valence-electron chi connectivity index (χ0n) is 15.3. The van der Waals surface area contributed by atoms with Crippen molar-refractivity contribution in [1.29, 1.82) is 0 Å². The molecule has 0 bridgehead atoms. The molecule has 2 amide bonds. The Balaban J connectivity index is 1.38. The second kappa shape index (κ2) is 7.64. The van der Waals surface area contributed by atoms with Gasteiger partial charge < -0.3 is 15.1 Å². The van der Waals surface area contributed by atoms with Gasteiger partial charge in [0.05, 0.1) is 0 Å². The van der Waals surface area contributed by atoms with E-state index in [9.17, 15) is 9.59 Å². The number of amides is 2. The van der Waals surface area contributed by atoms with Crippen molar-refractivity contribution >= 4 is 17.6 Å². The van der Waals surface area contributed by atoms with Gasteiger partial charge in [-0.2, -0.15) is 0 Å². The number of likely N-dealkylation sites (tertiary alicyclic amines) is 2. The maximum atomic E-state index is 12.7. The van der Waals surface area contributed by atoms with Crippen molar-refractivity contribution in [3.8, 4) is 0 Å². The fourth-order valence-electron chi connectivity index (χ4n) is 4.01. The van der Waals surface area contributed by atoms with E-state index in [1.165, 1.54) is 6.42 Å². The van der Waals surface area contributed by atoms with Crippen LogP contribution in [0.2, 0.25) is 0 Å². The molecule has 4 rings (SSSR count). The molecule has 1 aliphatic carbocycles. The third kappa shape index (κ3) is 4.00. The summed E-state index contributed by atoms with van der Waals surface area (Å²) in [6.07, 6.45) is 9.25. The minimum Gasteiger partial charge on any atom is -0.366 e. The zero-order valence-corrected chi connectivity index (χ0v) is 15.3. The summed E-state index contributed by atoms with van der Waals surface area (Å²) in [6.45, 7) is 3.31. The van der Waals surface area contributed by atoms with Gasteiger partial charge in [-0.15, -0.1) is 0 Å². The number of aromatic nitrogens is 1. The van der Waals surface area contributed by atoms with Crippen LogP contribution in [0.15, 0.2) is 18.3 Å². The molecule has 1 unspecified atom stereocenters. The molecule has 6 heteroatoms. The summed E-state index contributed by atoms with van der Waals surface area (Å²) in [5, 5.41) is 3.45. The Hall–Kier alpha value is -2.11. The lowest BCUT2D eigenvalue weighted by atomic mass is 10.0. The molecule has 3 fully saturated rings. The molecule has 0 spiro atoms. The van der Waals surface area contributed by atoms with Crippen LogP contribution in [0.1, 0.15) is 55.3 Å². The standard InChI is InChI=1S/C20H28N4O2/c25-19(15-6-7-15)24-12-4-5-17(14-24)22-18-13-16(8-9-21-18)20(26)23-10-2-1-3-11-23/h8-9,13,15,17H,1-7,10-12,14H2,(H,21,22). The predicted octanol–water partition coefficient (Wildman–Crippen LogP) is 2.52. The Labute approximate surface area is 155 Å². The van der Waals surface area contributed by atoms with Gasteiger partial charge in [-0.1, -0.05) is 0 Å². The molecule has 140 valence electrons. The van der Waals surface area contributed by atoms with Crippen molar-refractivity contribution in [2.24, 2.45) is 5.92 Å². The fourth-order valence-corrected chi connectivity index (χ4v) is 4.01. The normalized spacial score (nSPS) is 23.6. The van der Waals surface area contributed by atoms with Crippen molar-refractivity contribution in [2.75, 3.05) is 31.5 Å². The molecule has 1 aromatic rings. The lowest BCUT2D eigenvalue weighted by molar-refractivity contribution is -0.133. The molecule has 2 saturated heterocycles. The van der Waals surface area contributed by atoms with Crippen molar-refractivity contribution in [3.63, 3.8) is 0 Å². The van der Waals surface area contributed by atoms with Crippen LogP contribution in [0, 0.1) is 5.92 Å². The third-order valence-electron chi connectivity index (χ3n) is 5.66. The van der Waals surface area contributed by atoms with Crippen LogP contribution in [-0.2, 0) is 4.79 Å². The number of carbonyl (C=O) groups is 2. The van der Waals surface area contributed by atoms with E-state index in [1.54, 1.807) is 12.3 Å². The lowest BCUT2D eigenvalue weighted by Gasteiger charge is -2.33. The fraction of sp³-hybridized carbons (Fsp3) is 0.650. The van der Waals surface area contributed by atoms with Crippen molar-refractivity contribution in [2.45, 2.75) is 51.0 Å². The Morgan fingerprint density at radius 2 is 1.77 bits per heavy atom. The van der Waals surface area contributed by atoms with Gasteiger partial charge >= 0.3 is 0 Å². The Morgan fingerprint density at radius 1 is 1.00 bits per heavy atom. The summed E-state index contributed by atoms with van der Waals surface area (Å²) in [4.78, 5) is 33.3. The topological polar surface area (TPSA) is 65.5 Å². The van der Waals surface area contributed by atoms with E-state index in [0.717, 1.165) is 70.5 Å². The van der Waals surface area contributed by atoms with Gasteiger partial charge in [0.2, 0.25) is 5.91 Å². The van der Waals surface area contributed by atoms with Gasteiger partial charge in [0, 0.05) is 49.9 Å². The quantitative estimate of drug-likeness (QED) is 0.900. The van der Waals surface area contributed by atoms with Crippen LogP contribution in [0.5, 0.6) is 0 Å². The number of anilines is 1. The molecule has 1 atom stereocenters. The van der Waals surface area contributed by atoms with Crippen LogP contribution >= 0.6 is 0 Å². The number of rotatable bonds is 4. The zero-order chi connectivity index (χ0) is 17.9. The first-order chi connectivity index (χ1) is 12.7. The van der Waals surface area contributed by atoms with E-state index in [2.05, 4.69) is 10.3 Å². The molecule has 26 heavy (non-hydrogen) atoms. The Kier molecular flexibility index (Phi) is 5.09. The lowest BCUT2D eigenvalue weighted by Crippen LogP contribution is -2.45. The van der Waals surface area contributed by atoms with Gasteiger partial charge in [-0.25, -0.2) is 4.98 Å². The molecule has 3 aliphatic rings. The van der Waals surface area contributed by atoms with Gasteiger partial charge in [-0.3, -0.25) is 9.59 Å².